The smallest absolute Gasteiger partial charge is 0.153 e. The Balaban J connectivity index is 2.07. The summed E-state index contributed by atoms with van der Waals surface area (Å²) in [6, 6.07) is 8.08. The third kappa shape index (κ3) is 2.84. The normalized spacial score (nSPS) is 10.8. The highest BCUT2D eigenvalue weighted by Gasteiger charge is 2.13. The molecule has 0 unspecified atom stereocenters. The molecule has 4 nitrogen and oxygen atoms in total. The van der Waals surface area contributed by atoms with Crippen molar-refractivity contribution in [1.82, 2.24) is 14.8 Å². The quantitative estimate of drug-likeness (QED) is 0.688. The van der Waals surface area contributed by atoms with Crippen LogP contribution >= 0.6 is 31.9 Å². The summed E-state index contributed by atoms with van der Waals surface area (Å²) in [7, 11) is 0. The van der Waals surface area contributed by atoms with Crippen LogP contribution in [0.1, 0.15) is 0 Å². The van der Waals surface area contributed by atoms with Crippen molar-refractivity contribution in [3.63, 3.8) is 0 Å². The van der Waals surface area contributed by atoms with E-state index in [9.17, 15) is 4.39 Å². The zero-order chi connectivity index (χ0) is 15.0. The zero-order valence-electron chi connectivity index (χ0n) is 10.6. The van der Waals surface area contributed by atoms with Crippen molar-refractivity contribution in [2.24, 2.45) is 0 Å². The van der Waals surface area contributed by atoms with Crippen LogP contribution in [0.5, 0.6) is 0 Å². The fourth-order valence-corrected chi connectivity index (χ4v) is 2.67. The van der Waals surface area contributed by atoms with Gasteiger partial charge in [-0.1, -0.05) is 0 Å². The summed E-state index contributed by atoms with van der Waals surface area (Å²) in [6.45, 7) is 0. The largest absolute Gasteiger partial charge is 0.396 e. The number of anilines is 1. The van der Waals surface area contributed by atoms with Gasteiger partial charge in [0.05, 0.1) is 11.9 Å². The minimum absolute atomic E-state index is 0.321. The summed E-state index contributed by atoms with van der Waals surface area (Å²) in [4.78, 5) is 4.26. The van der Waals surface area contributed by atoms with Crippen molar-refractivity contribution >= 4 is 37.5 Å². The predicted octanol–water partition coefficient (Wildman–Crippen LogP) is 4.18. The molecule has 106 valence electrons. The number of hydrogen-bond donors (Lipinski definition) is 1. The van der Waals surface area contributed by atoms with E-state index in [2.05, 4.69) is 41.9 Å². The molecule has 0 aliphatic rings. The molecule has 0 saturated heterocycles. The van der Waals surface area contributed by atoms with E-state index in [1.165, 1.54) is 12.1 Å². The maximum absolute atomic E-state index is 13.2. The van der Waals surface area contributed by atoms with E-state index in [1.807, 2.05) is 12.1 Å². The van der Waals surface area contributed by atoms with Gasteiger partial charge in [0.15, 0.2) is 5.82 Å². The molecule has 2 aromatic heterocycles. The average Bonchev–Trinajstić information content (AvgIpc) is 2.81. The van der Waals surface area contributed by atoms with Crippen LogP contribution in [-0.4, -0.2) is 14.8 Å². The number of hydrogen-bond acceptors (Lipinski definition) is 3. The Bertz CT molecular complexity index is 799. The topological polar surface area (TPSA) is 56.7 Å². The number of nitrogens with zero attached hydrogens (tertiary/aromatic N) is 3. The van der Waals surface area contributed by atoms with Crippen molar-refractivity contribution in [2.45, 2.75) is 0 Å². The molecule has 1 aromatic carbocycles. The minimum atomic E-state index is -0.321. The molecule has 0 bridgehead atoms. The lowest BCUT2D eigenvalue weighted by Gasteiger charge is -2.02. The molecular weight excluding hydrogens is 403 g/mol. The maximum Gasteiger partial charge on any atom is 0.153 e. The number of nitrogen functional groups attached to an aromatic ring is 1. The van der Waals surface area contributed by atoms with Gasteiger partial charge in [-0.25, -0.2) is 14.1 Å². The molecular formula is C14H9Br2FN4. The first kappa shape index (κ1) is 14.2. The van der Waals surface area contributed by atoms with Gasteiger partial charge in [-0.2, -0.15) is 5.10 Å². The third-order valence-electron chi connectivity index (χ3n) is 2.88. The van der Waals surface area contributed by atoms with Gasteiger partial charge in [0.25, 0.3) is 0 Å². The van der Waals surface area contributed by atoms with Crippen LogP contribution in [0.4, 0.5) is 10.1 Å². The molecule has 0 radical (unpaired) electrons. The highest BCUT2D eigenvalue weighted by molar-refractivity contribution is 9.10. The van der Waals surface area contributed by atoms with Gasteiger partial charge in [-0.3, -0.25) is 0 Å². The Morgan fingerprint density at radius 3 is 2.62 bits per heavy atom. The first-order chi connectivity index (χ1) is 10.0. The average molecular weight is 412 g/mol. The second-order valence-corrected chi connectivity index (χ2v) is 6.11. The molecule has 0 fully saturated rings. The summed E-state index contributed by atoms with van der Waals surface area (Å²) in [5, 5.41) is 4.43. The van der Waals surface area contributed by atoms with Crippen molar-refractivity contribution in [3.05, 3.63) is 57.5 Å². The maximum atomic E-state index is 13.2. The van der Waals surface area contributed by atoms with E-state index in [1.54, 1.807) is 23.1 Å². The lowest BCUT2D eigenvalue weighted by atomic mass is 10.1. The standard InChI is InChI=1S/C14H9Br2FN4/c15-8-1-4-13(19-6-8)21-7-12(18)14(20-21)10-3-2-9(17)5-11(10)16/h1-7H,18H2. The number of nitrogens with two attached hydrogens (primary N) is 1. The SMILES string of the molecule is Nc1cn(-c2ccc(Br)cn2)nc1-c1ccc(F)cc1Br. The summed E-state index contributed by atoms with van der Waals surface area (Å²) in [5.74, 6) is 0.326. The monoisotopic (exact) mass is 410 g/mol. The molecule has 0 amide bonds. The predicted molar refractivity (Wildman–Crippen MR) is 86.6 cm³/mol. The second kappa shape index (κ2) is 5.57. The van der Waals surface area contributed by atoms with Crippen molar-refractivity contribution in [1.29, 1.82) is 0 Å². The first-order valence-electron chi connectivity index (χ1n) is 5.97. The molecule has 21 heavy (non-hydrogen) atoms. The molecule has 0 saturated carbocycles. The molecule has 2 heterocycles. The summed E-state index contributed by atoms with van der Waals surface area (Å²) >= 11 is 6.66. The third-order valence-corrected chi connectivity index (χ3v) is 4.00. The zero-order valence-corrected chi connectivity index (χ0v) is 13.8. The van der Waals surface area contributed by atoms with Crippen LogP contribution in [0.3, 0.4) is 0 Å². The second-order valence-electron chi connectivity index (χ2n) is 4.34. The van der Waals surface area contributed by atoms with Gasteiger partial charge in [0.1, 0.15) is 11.5 Å². The van der Waals surface area contributed by atoms with Crippen LogP contribution in [-0.2, 0) is 0 Å². The highest BCUT2D eigenvalue weighted by Crippen LogP contribution is 2.32. The van der Waals surface area contributed by atoms with Crippen LogP contribution in [0.15, 0.2) is 51.7 Å². The van der Waals surface area contributed by atoms with Gasteiger partial charge in [0.2, 0.25) is 0 Å². The number of pyridine rings is 1. The van der Waals surface area contributed by atoms with Gasteiger partial charge in [-0.05, 0) is 62.2 Å². The number of halogens is 3. The van der Waals surface area contributed by atoms with E-state index in [-0.39, 0.29) is 5.82 Å². The van der Waals surface area contributed by atoms with E-state index in [0.717, 1.165) is 10.0 Å². The van der Waals surface area contributed by atoms with Gasteiger partial charge < -0.3 is 5.73 Å². The molecule has 7 heteroatoms. The van der Waals surface area contributed by atoms with Gasteiger partial charge in [0, 0.05) is 20.7 Å². The molecule has 0 spiro atoms. The van der Waals surface area contributed by atoms with Crippen LogP contribution < -0.4 is 5.73 Å². The van der Waals surface area contributed by atoms with E-state index in [4.69, 9.17) is 5.73 Å². The molecule has 0 aliphatic heterocycles. The summed E-state index contributed by atoms with van der Waals surface area (Å²) in [5.41, 5.74) is 7.81. The highest BCUT2D eigenvalue weighted by atomic mass is 79.9. The van der Waals surface area contributed by atoms with Crippen molar-refractivity contribution < 1.29 is 4.39 Å². The lowest BCUT2D eigenvalue weighted by molar-refractivity contribution is 0.627. The van der Waals surface area contributed by atoms with Crippen LogP contribution in [0.2, 0.25) is 0 Å². The Hall–Kier alpha value is -1.73. The summed E-state index contributed by atoms with van der Waals surface area (Å²) < 4.78 is 16.2. The minimum Gasteiger partial charge on any atom is -0.396 e. The van der Waals surface area contributed by atoms with E-state index < -0.39 is 0 Å². The number of aromatic nitrogens is 3. The molecule has 2 N–H and O–H groups in total. The summed E-state index contributed by atoms with van der Waals surface area (Å²) in [6.07, 6.45) is 3.36. The molecule has 3 rings (SSSR count). The number of rotatable bonds is 2. The first-order valence-corrected chi connectivity index (χ1v) is 7.55. The Morgan fingerprint density at radius 1 is 1.14 bits per heavy atom. The van der Waals surface area contributed by atoms with Crippen molar-refractivity contribution in [2.75, 3.05) is 5.73 Å². The fourth-order valence-electron chi connectivity index (χ4n) is 1.90. The number of benzene rings is 1. The lowest BCUT2D eigenvalue weighted by Crippen LogP contribution is -1.97. The molecule has 0 aliphatic carbocycles. The molecule has 3 aromatic rings. The fraction of sp³-hybridized carbons (Fsp3) is 0. The Morgan fingerprint density at radius 2 is 1.95 bits per heavy atom. The van der Waals surface area contributed by atoms with E-state index >= 15 is 0 Å². The van der Waals surface area contributed by atoms with Gasteiger partial charge >= 0.3 is 0 Å². The molecule has 0 atom stereocenters. The van der Waals surface area contributed by atoms with Crippen molar-refractivity contribution in [3.8, 4) is 17.1 Å². The van der Waals surface area contributed by atoms with Crippen LogP contribution in [0.25, 0.3) is 17.1 Å². The van der Waals surface area contributed by atoms with E-state index in [0.29, 0.717) is 21.7 Å². The van der Waals surface area contributed by atoms with Crippen LogP contribution in [0, 0.1) is 5.82 Å². The Kier molecular flexibility index (Phi) is 3.77. The Labute approximate surface area is 137 Å². The van der Waals surface area contributed by atoms with Gasteiger partial charge in [-0.15, -0.1) is 0 Å².